The lowest BCUT2D eigenvalue weighted by molar-refractivity contribution is -0.384. The van der Waals surface area contributed by atoms with Gasteiger partial charge in [0, 0.05) is 23.4 Å². The van der Waals surface area contributed by atoms with Crippen LogP contribution in [0.15, 0.2) is 48.5 Å². The number of carbonyl (C=O) groups excluding carboxylic acids is 1. The number of amides is 1. The fourth-order valence-corrected chi connectivity index (χ4v) is 2.15. The molecule has 3 rings (SSSR count). The van der Waals surface area contributed by atoms with Crippen LogP contribution in [0.1, 0.15) is 13.0 Å². The lowest BCUT2D eigenvalue weighted by Crippen LogP contribution is -2.25. The number of halogens is 1. The van der Waals surface area contributed by atoms with E-state index in [4.69, 9.17) is 0 Å². The second kappa shape index (κ2) is 7.05. The van der Waals surface area contributed by atoms with Gasteiger partial charge in [-0.15, -0.1) is 10.2 Å². The summed E-state index contributed by atoms with van der Waals surface area (Å²) in [7, 11) is 0. The average Bonchev–Trinajstić information content (AvgIpc) is 3.11. The lowest BCUT2D eigenvalue weighted by atomic mass is 10.2. The topological polar surface area (TPSA) is 116 Å². The molecule has 0 aliphatic carbocycles. The van der Waals surface area contributed by atoms with E-state index >= 15 is 0 Å². The molecule has 9 nitrogen and oxygen atoms in total. The highest BCUT2D eigenvalue weighted by Crippen LogP contribution is 2.18. The van der Waals surface area contributed by atoms with E-state index < -0.39 is 22.7 Å². The normalized spacial score (nSPS) is 11.8. The van der Waals surface area contributed by atoms with Gasteiger partial charge in [0.25, 0.3) is 11.6 Å². The van der Waals surface area contributed by atoms with E-state index in [-0.39, 0.29) is 11.5 Å². The Bertz CT molecular complexity index is 957. The van der Waals surface area contributed by atoms with Crippen LogP contribution in [0.3, 0.4) is 0 Å². The minimum atomic E-state index is -0.792. The van der Waals surface area contributed by atoms with Crippen molar-refractivity contribution in [1.82, 2.24) is 20.2 Å². The minimum absolute atomic E-state index is 0.0753. The number of anilines is 1. The van der Waals surface area contributed by atoms with Crippen LogP contribution < -0.4 is 5.32 Å². The van der Waals surface area contributed by atoms with E-state index in [1.165, 1.54) is 42.5 Å². The van der Waals surface area contributed by atoms with Gasteiger partial charge in [-0.3, -0.25) is 14.9 Å². The van der Waals surface area contributed by atoms with E-state index in [2.05, 4.69) is 20.7 Å². The molecule has 0 saturated heterocycles. The fraction of sp³-hybridized carbons (Fsp3) is 0.125. The molecule has 1 unspecified atom stereocenters. The van der Waals surface area contributed by atoms with Crippen LogP contribution in [0.25, 0.3) is 11.4 Å². The van der Waals surface area contributed by atoms with Gasteiger partial charge in [-0.2, -0.15) is 4.80 Å². The van der Waals surface area contributed by atoms with Gasteiger partial charge in [-0.05, 0) is 36.4 Å². The number of rotatable bonds is 5. The largest absolute Gasteiger partial charge is 0.324 e. The van der Waals surface area contributed by atoms with Crippen LogP contribution in [0.5, 0.6) is 0 Å². The van der Waals surface area contributed by atoms with Gasteiger partial charge in [-0.25, -0.2) is 4.39 Å². The molecule has 0 radical (unpaired) electrons. The summed E-state index contributed by atoms with van der Waals surface area (Å²) >= 11 is 0. The summed E-state index contributed by atoms with van der Waals surface area (Å²) in [6.45, 7) is 1.57. The first kappa shape index (κ1) is 17.1. The molecule has 3 aromatic rings. The van der Waals surface area contributed by atoms with Crippen LogP contribution in [0.4, 0.5) is 15.8 Å². The number of hydrogen-bond donors (Lipinski definition) is 1. The summed E-state index contributed by atoms with van der Waals surface area (Å²) in [5, 5.41) is 25.0. The zero-order valence-corrected chi connectivity index (χ0v) is 13.5. The molecule has 26 heavy (non-hydrogen) atoms. The lowest BCUT2D eigenvalue weighted by Gasteiger charge is -2.10. The van der Waals surface area contributed by atoms with Crippen molar-refractivity contribution in [2.75, 3.05) is 5.32 Å². The predicted molar refractivity (Wildman–Crippen MR) is 89.6 cm³/mol. The number of nitrogens with zero attached hydrogens (tertiary/aromatic N) is 5. The van der Waals surface area contributed by atoms with Crippen LogP contribution >= 0.6 is 0 Å². The average molecular weight is 356 g/mol. The number of nitro benzene ring substituents is 1. The zero-order chi connectivity index (χ0) is 18.7. The number of tetrazole rings is 1. The molecule has 1 heterocycles. The molecule has 2 aromatic carbocycles. The third-order valence-corrected chi connectivity index (χ3v) is 3.58. The second-order valence-corrected chi connectivity index (χ2v) is 5.41. The molecule has 0 aliphatic rings. The van der Waals surface area contributed by atoms with Gasteiger partial charge in [-0.1, -0.05) is 12.1 Å². The molecule has 0 fully saturated rings. The molecule has 0 saturated carbocycles. The summed E-state index contributed by atoms with van der Waals surface area (Å²) < 4.78 is 13.3. The number of nitro groups is 1. The third-order valence-electron chi connectivity index (χ3n) is 3.58. The van der Waals surface area contributed by atoms with Crippen molar-refractivity contribution in [3.05, 3.63) is 64.5 Å². The van der Waals surface area contributed by atoms with Gasteiger partial charge in [0.2, 0.25) is 5.82 Å². The number of non-ortho nitro benzene ring substituents is 1. The SMILES string of the molecule is CC(C(=O)Nc1ccc([N+](=O)[O-])cc1)n1nnc(-c2cccc(F)c2)n1. The Morgan fingerprint density at radius 1 is 1.27 bits per heavy atom. The Morgan fingerprint density at radius 2 is 2.00 bits per heavy atom. The molecule has 1 atom stereocenters. The van der Waals surface area contributed by atoms with Crippen LogP contribution in [0, 0.1) is 15.9 Å². The van der Waals surface area contributed by atoms with Gasteiger partial charge in [0.15, 0.2) is 0 Å². The summed E-state index contributed by atoms with van der Waals surface area (Å²) in [5.74, 6) is -0.663. The monoisotopic (exact) mass is 356 g/mol. The Kier molecular flexibility index (Phi) is 4.65. The van der Waals surface area contributed by atoms with Crippen molar-refractivity contribution in [2.45, 2.75) is 13.0 Å². The van der Waals surface area contributed by atoms with E-state index in [0.29, 0.717) is 11.3 Å². The van der Waals surface area contributed by atoms with Crippen LogP contribution in [-0.2, 0) is 4.79 Å². The molecule has 0 bridgehead atoms. The molecule has 0 spiro atoms. The smallest absolute Gasteiger partial charge is 0.269 e. The molecule has 0 aliphatic heterocycles. The van der Waals surface area contributed by atoms with Crippen molar-refractivity contribution in [2.24, 2.45) is 0 Å². The highest BCUT2D eigenvalue weighted by Gasteiger charge is 2.19. The van der Waals surface area contributed by atoms with Crippen molar-refractivity contribution in [3.63, 3.8) is 0 Å². The highest BCUT2D eigenvalue weighted by molar-refractivity contribution is 5.93. The summed E-state index contributed by atoms with van der Waals surface area (Å²) in [5.41, 5.74) is 0.769. The van der Waals surface area contributed by atoms with E-state index in [0.717, 1.165) is 4.80 Å². The Labute approximate surface area is 146 Å². The summed E-state index contributed by atoms with van der Waals surface area (Å²) in [4.78, 5) is 23.5. The van der Waals surface area contributed by atoms with Gasteiger partial charge in [0.1, 0.15) is 11.9 Å². The maximum absolute atomic E-state index is 13.3. The van der Waals surface area contributed by atoms with Gasteiger partial charge >= 0.3 is 0 Å². The van der Waals surface area contributed by atoms with Crippen LogP contribution in [-0.4, -0.2) is 31.0 Å². The number of carbonyl (C=O) groups is 1. The summed E-state index contributed by atoms with van der Waals surface area (Å²) in [6.07, 6.45) is 0. The predicted octanol–water partition coefficient (Wildman–Crippen LogP) is 2.59. The first-order valence-corrected chi connectivity index (χ1v) is 7.55. The van der Waals surface area contributed by atoms with Crippen molar-refractivity contribution >= 4 is 17.3 Å². The summed E-state index contributed by atoms with van der Waals surface area (Å²) in [6, 6.07) is 10.4. The molecule has 1 N–H and O–H groups in total. The molecule has 1 amide bonds. The van der Waals surface area contributed by atoms with Crippen molar-refractivity contribution < 1.29 is 14.1 Å². The number of hydrogen-bond acceptors (Lipinski definition) is 6. The maximum Gasteiger partial charge on any atom is 0.269 e. The first-order chi connectivity index (χ1) is 12.4. The minimum Gasteiger partial charge on any atom is -0.324 e. The molecule has 132 valence electrons. The molecule has 1 aromatic heterocycles. The number of nitrogens with one attached hydrogen (secondary N) is 1. The van der Waals surface area contributed by atoms with E-state index in [9.17, 15) is 19.3 Å². The zero-order valence-electron chi connectivity index (χ0n) is 13.5. The van der Waals surface area contributed by atoms with Crippen molar-refractivity contribution in [3.8, 4) is 11.4 Å². The second-order valence-electron chi connectivity index (χ2n) is 5.41. The standard InChI is InChI=1S/C16H13FN6O3/c1-10(16(24)18-13-5-7-14(8-6-13)23(25)26)22-20-15(19-21-22)11-3-2-4-12(17)9-11/h2-10H,1H3,(H,18,24). The molecule has 10 heteroatoms. The van der Waals surface area contributed by atoms with Gasteiger partial charge < -0.3 is 5.32 Å². The highest BCUT2D eigenvalue weighted by atomic mass is 19.1. The van der Waals surface area contributed by atoms with Gasteiger partial charge in [0.05, 0.1) is 4.92 Å². The molecular formula is C16H13FN6O3. The quantitative estimate of drug-likeness (QED) is 0.555. The Morgan fingerprint density at radius 3 is 2.65 bits per heavy atom. The molecular weight excluding hydrogens is 343 g/mol. The Hall–Kier alpha value is -3.69. The maximum atomic E-state index is 13.3. The van der Waals surface area contributed by atoms with Crippen molar-refractivity contribution in [1.29, 1.82) is 0 Å². The fourth-order valence-electron chi connectivity index (χ4n) is 2.15. The first-order valence-electron chi connectivity index (χ1n) is 7.55. The van der Waals surface area contributed by atoms with E-state index in [1.54, 1.807) is 13.0 Å². The van der Waals surface area contributed by atoms with E-state index in [1.807, 2.05) is 0 Å². The third kappa shape index (κ3) is 3.69. The van der Waals surface area contributed by atoms with Crippen LogP contribution in [0.2, 0.25) is 0 Å². The number of aromatic nitrogens is 4. The number of benzene rings is 2. The Balaban J connectivity index is 1.71.